The number of amides is 2. The summed E-state index contributed by atoms with van der Waals surface area (Å²) < 4.78 is 0. The Balaban J connectivity index is 1.60. The maximum Gasteiger partial charge on any atom is 0.317 e. The molecule has 2 aromatic rings. The highest BCUT2D eigenvalue weighted by Gasteiger charge is 2.21. The van der Waals surface area contributed by atoms with E-state index in [0.717, 1.165) is 35.8 Å². The smallest absolute Gasteiger partial charge is 0.317 e. The third-order valence-electron chi connectivity index (χ3n) is 4.52. The van der Waals surface area contributed by atoms with Crippen molar-refractivity contribution in [1.29, 1.82) is 0 Å². The molecule has 0 bridgehead atoms. The van der Waals surface area contributed by atoms with Gasteiger partial charge in [0.15, 0.2) is 0 Å². The lowest BCUT2D eigenvalue weighted by atomic mass is 10.0. The molecule has 1 aliphatic heterocycles. The zero-order chi connectivity index (χ0) is 18.4. The molecule has 1 heterocycles. The lowest BCUT2D eigenvalue weighted by molar-refractivity contribution is -0.107. The average Bonchev–Trinajstić information content (AvgIpc) is 2.69. The van der Waals surface area contributed by atoms with E-state index in [-0.39, 0.29) is 12.6 Å². The number of hydrogen-bond acceptors (Lipinski definition) is 3. The average molecular weight is 372 g/mol. The first-order valence-electron chi connectivity index (χ1n) is 8.70. The van der Waals surface area contributed by atoms with Crippen molar-refractivity contribution in [3.63, 3.8) is 0 Å². The molecule has 2 amide bonds. The van der Waals surface area contributed by atoms with Crippen molar-refractivity contribution in [3.05, 3.63) is 59.1 Å². The number of rotatable bonds is 5. The van der Waals surface area contributed by atoms with Gasteiger partial charge in [-0.1, -0.05) is 48.0 Å². The van der Waals surface area contributed by atoms with Crippen LogP contribution in [-0.2, 0) is 11.3 Å². The minimum Gasteiger partial charge on any atom is -0.331 e. The van der Waals surface area contributed by atoms with Crippen LogP contribution in [0.1, 0.15) is 5.56 Å². The third-order valence-corrected chi connectivity index (χ3v) is 4.85. The van der Waals surface area contributed by atoms with E-state index >= 15 is 0 Å². The normalized spacial score (nSPS) is 14.9. The predicted molar refractivity (Wildman–Crippen MR) is 103 cm³/mol. The van der Waals surface area contributed by atoms with Gasteiger partial charge in [0.25, 0.3) is 0 Å². The van der Waals surface area contributed by atoms with Gasteiger partial charge in [-0.3, -0.25) is 4.90 Å². The largest absolute Gasteiger partial charge is 0.331 e. The molecule has 0 aromatic heterocycles. The van der Waals surface area contributed by atoms with Crippen molar-refractivity contribution in [1.82, 2.24) is 15.1 Å². The monoisotopic (exact) mass is 371 g/mol. The second kappa shape index (κ2) is 8.83. The molecule has 136 valence electrons. The van der Waals surface area contributed by atoms with E-state index < -0.39 is 0 Å². The van der Waals surface area contributed by atoms with Crippen molar-refractivity contribution in [2.75, 3.05) is 32.7 Å². The molecule has 0 spiro atoms. The number of carbonyl (C=O) groups is 2. The maximum atomic E-state index is 11.9. The van der Waals surface area contributed by atoms with Crippen LogP contribution in [0.4, 0.5) is 4.79 Å². The molecule has 5 nitrogen and oxygen atoms in total. The number of nitrogens with zero attached hydrogens (tertiary/aromatic N) is 2. The molecule has 1 aliphatic rings. The van der Waals surface area contributed by atoms with Gasteiger partial charge in [-0.25, -0.2) is 4.79 Å². The van der Waals surface area contributed by atoms with E-state index in [9.17, 15) is 9.59 Å². The van der Waals surface area contributed by atoms with E-state index in [1.807, 2.05) is 24.3 Å². The van der Waals surface area contributed by atoms with Crippen LogP contribution in [0, 0.1) is 0 Å². The zero-order valence-electron chi connectivity index (χ0n) is 14.5. The van der Waals surface area contributed by atoms with Crippen LogP contribution in [0.3, 0.4) is 0 Å². The van der Waals surface area contributed by atoms with Crippen LogP contribution in [0.15, 0.2) is 48.5 Å². The lowest BCUT2D eigenvalue weighted by Gasteiger charge is -2.34. The molecule has 0 unspecified atom stereocenters. The number of carbonyl (C=O) groups excluding carboxylic acids is 2. The number of piperazine rings is 1. The molecule has 6 heteroatoms. The number of benzene rings is 2. The van der Waals surface area contributed by atoms with Crippen LogP contribution < -0.4 is 5.32 Å². The molecule has 2 aromatic carbocycles. The van der Waals surface area contributed by atoms with Gasteiger partial charge >= 0.3 is 6.03 Å². The molecule has 0 saturated carbocycles. The van der Waals surface area contributed by atoms with Crippen LogP contribution in [-0.4, -0.2) is 54.8 Å². The maximum absolute atomic E-state index is 11.9. The van der Waals surface area contributed by atoms with Gasteiger partial charge in [-0.2, -0.15) is 0 Å². The number of urea groups is 1. The van der Waals surface area contributed by atoms with E-state index in [2.05, 4.69) is 34.5 Å². The summed E-state index contributed by atoms with van der Waals surface area (Å²) in [4.78, 5) is 26.3. The van der Waals surface area contributed by atoms with Crippen molar-refractivity contribution in [2.24, 2.45) is 0 Å². The van der Waals surface area contributed by atoms with Crippen molar-refractivity contribution >= 4 is 23.9 Å². The first-order valence-corrected chi connectivity index (χ1v) is 9.08. The van der Waals surface area contributed by atoms with Crippen LogP contribution in [0.5, 0.6) is 0 Å². The minimum atomic E-state index is -0.172. The zero-order valence-corrected chi connectivity index (χ0v) is 15.3. The summed E-state index contributed by atoms with van der Waals surface area (Å²) in [6.45, 7) is 3.80. The summed E-state index contributed by atoms with van der Waals surface area (Å²) >= 11 is 6.38. The second-order valence-electron chi connectivity index (χ2n) is 6.30. The van der Waals surface area contributed by atoms with Crippen molar-refractivity contribution in [3.8, 4) is 11.1 Å². The standard InChI is InChI=1S/C20H22ClN3O2/c21-19-7-6-16(14-18(19)17-4-2-1-3-5-17)15-23-9-11-24(12-10-23)20(26)22-8-13-25/h1-7,13-14H,8-12,15H2,(H,22,26). The van der Waals surface area contributed by atoms with Crippen LogP contribution in [0.25, 0.3) is 11.1 Å². The Bertz CT molecular complexity index is 759. The van der Waals surface area contributed by atoms with Gasteiger partial charge in [0, 0.05) is 43.3 Å². The topological polar surface area (TPSA) is 52.7 Å². The fourth-order valence-electron chi connectivity index (χ4n) is 3.12. The molecule has 0 atom stereocenters. The first kappa shape index (κ1) is 18.4. The fraction of sp³-hybridized carbons (Fsp3) is 0.300. The Labute approximate surface area is 158 Å². The highest BCUT2D eigenvalue weighted by atomic mass is 35.5. The molecule has 26 heavy (non-hydrogen) atoms. The molecule has 1 N–H and O–H groups in total. The summed E-state index contributed by atoms with van der Waals surface area (Å²) in [5.74, 6) is 0. The Morgan fingerprint density at radius 1 is 1.08 bits per heavy atom. The molecular weight excluding hydrogens is 350 g/mol. The fourth-order valence-corrected chi connectivity index (χ4v) is 3.34. The molecule has 0 radical (unpaired) electrons. The van der Waals surface area contributed by atoms with Gasteiger partial charge in [0.2, 0.25) is 0 Å². The number of hydrogen-bond donors (Lipinski definition) is 1. The van der Waals surface area contributed by atoms with E-state index in [1.165, 1.54) is 5.56 Å². The summed E-state index contributed by atoms with van der Waals surface area (Å²) in [6, 6.07) is 16.1. The van der Waals surface area contributed by atoms with Gasteiger partial charge in [-0.15, -0.1) is 0 Å². The summed E-state index contributed by atoms with van der Waals surface area (Å²) in [5.41, 5.74) is 3.35. The molecule has 0 aliphatic carbocycles. The summed E-state index contributed by atoms with van der Waals surface area (Å²) in [6.07, 6.45) is 0.693. The first-order chi connectivity index (χ1) is 12.7. The number of aldehydes is 1. The van der Waals surface area contributed by atoms with Gasteiger partial charge in [0.05, 0.1) is 6.54 Å². The summed E-state index contributed by atoms with van der Waals surface area (Å²) in [7, 11) is 0. The minimum absolute atomic E-state index is 0.0616. The van der Waals surface area contributed by atoms with Gasteiger partial charge < -0.3 is 15.0 Å². The van der Waals surface area contributed by atoms with Crippen molar-refractivity contribution < 1.29 is 9.59 Å². The Morgan fingerprint density at radius 3 is 2.50 bits per heavy atom. The third kappa shape index (κ3) is 4.62. The Kier molecular flexibility index (Phi) is 6.26. The second-order valence-corrected chi connectivity index (χ2v) is 6.70. The summed E-state index contributed by atoms with van der Waals surface area (Å²) in [5, 5.41) is 3.33. The van der Waals surface area contributed by atoms with Crippen LogP contribution >= 0.6 is 11.6 Å². The Hall–Kier alpha value is -2.37. The van der Waals surface area contributed by atoms with Gasteiger partial charge in [0.1, 0.15) is 6.29 Å². The number of nitrogens with one attached hydrogen (secondary N) is 1. The lowest BCUT2D eigenvalue weighted by Crippen LogP contribution is -2.51. The highest BCUT2D eigenvalue weighted by molar-refractivity contribution is 6.33. The Morgan fingerprint density at radius 2 is 1.81 bits per heavy atom. The molecule has 1 fully saturated rings. The molecule has 3 rings (SSSR count). The van der Waals surface area contributed by atoms with Gasteiger partial charge in [-0.05, 0) is 23.3 Å². The molecular formula is C20H22ClN3O2. The molecule has 1 saturated heterocycles. The van der Waals surface area contributed by atoms with Crippen molar-refractivity contribution in [2.45, 2.75) is 6.54 Å². The highest BCUT2D eigenvalue weighted by Crippen LogP contribution is 2.29. The predicted octanol–water partition coefficient (Wildman–Crippen LogP) is 3.03. The van der Waals surface area contributed by atoms with E-state index in [4.69, 9.17) is 11.6 Å². The van der Waals surface area contributed by atoms with E-state index in [1.54, 1.807) is 4.90 Å². The quantitative estimate of drug-likeness (QED) is 0.822. The SMILES string of the molecule is O=CCNC(=O)N1CCN(Cc2ccc(Cl)c(-c3ccccc3)c2)CC1. The van der Waals surface area contributed by atoms with Crippen LogP contribution in [0.2, 0.25) is 5.02 Å². The number of halogens is 1. The van der Waals surface area contributed by atoms with E-state index in [0.29, 0.717) is 19.4 Å².